The molecule has 4 aromatic rings. The maximum atomic E-state index is 5.84. The van der Waals surface area contributed by atoms with Gasteiger partial charge in [-0.1, -0.05) is 0 Å². The van der Waals surface area contributed by atoms with Crippen LogP contribution in [-0.2, 0) is 0 Å². The van der Waals surface area contributed by atoms with E-state index in [0.717, 1.165) is 27.2 Å². The topological polar surface area (TPSA) is 69.4 Å². The number of thiazole rings is 1. The van der Waals surface area contributed by atoms with Gasteiger partial charge >= 0.3 is 0 Å². The second-order valence-corrected chi connectivity index (χ2v) is 6.14. The van der Waals surface area contributed by atoms with E-state index in [1.54, 1.807) is 31.8 Å². The molecule has 6 nitrogen and oxygen atoms in total. The van der Waals surface area contributed by atoms with E-state index in [1.807, 2.05) is 41.9 Å². The van der Waals surface area contributed by atoms with Crippen molar-refractivity contribution in [3.63, 3.8) is 0 Å². The molecule has 2 aromatic carbocycles. The van der Waals surface area contributed by atoms with E-state index in [-0.39, 0.29) is 0 Å². The van der Waals surface area contributed by atoms with Crippen LogP contribution in [0.5, 0.6) is 11.5 Å². The molecule has 7 heteroatoms. The van der Waals surface area contributed by atoms with Crippen LogP contribution in [0.25, 0.3) is 21.5 Å². The van der Waals surface area contributed by atoms with Crippen LogP contribution in [0.3, 0.4) is 0 Å². The van der Waals surface area contributed by atoms with E-state index in [2.05, 4.69) is 15.3 Å². The number of rotatable bonds is 5. The summed E-state index contributed by atoms with van der Waals surface area (Å²) >= 11 is 1.59. The molecule has 0 bridgehead atoms. The minimum Gasteiger partial charge on any atom is -0.497 e. The van der Waals surface area contributed by atoms with Crippen LogP contribution in [0, 0.1) is 0 Å². The molecule has 0 saturated heterocycles. The number of fused-ring (bicyclic) bond motifs is 1. The highest BCUT2D eigenvalue weighted by Crippen LogP contribution is 2.35. The largest absolute Gasteiger partial charge is 0.497 e. The average molecular weight is 353 g/mol. The van der Waals surface area contributed by atoms with Crippen molar-refractivity contribution in [2.75, 3.05) is 19.5 Å². The summed E-state index contributed by atoms with van der Waals surface area (Å²) in [7, 11) is 3.24. The van der Waals surface area contributed by atoms with Crippen LogP contribution in [0.2, 0.25) is 0 Å². The Bertz CT molecular complexity index is 1030. The molecule has 2 heterocycles. The van der Waals surface area contributed by atoms with E-state index >= 15 is 0 Å². The minimum atomic E-state index is 0.406. The molecule has 0 aliphatic rings. The molecule has 0 radical (unpaired) electrons. The van der Waals surface area contributed by atoms with Gasteiger partial charge in [-0.05, 0) is 36.4 Å². The van der Waals surface area contributed by atoms with E-state index in [0.29, 0.717) is 17.5 Å². The van der Waals surface area contributed by atoms with Crippen molar-refractivity contribution in [1.29, 1.82) is 0 Å². The van der Waals surface area contributed by atoms with Gasteiger partial charge in [-0.2, -0.15) is 0 Å². The SMILES string of the molecule is COc1ccc(OC)c(-c2cnc(Nc3ccc4ncsc4c3)o2)c1. The fourth-order valence-corrected chi connectivity index (χ4v) is 3.24. The highest BCUT2D eigenvalue weighted by molar-refractivity contribution is 7.16. The number of anilines is 2. The molecule has 0 unspecified atom stereocenters. The van der Waals surface area contributed by atoms with Crippen LogP contribution in [-0.4, -0.2) is 24.2 Å². The second-order valence-electron chi connectivity index (χ2n) is 5.26. The van der Waals surface area contributed by atoms with Crippen molar-refractivity contribution >= 4 is 33.3 Å². The molecule has 25 heavy (non-hydrogen) atoms. The van der Waals surface area contributed by atoms with E-state index in [1.165, 1.54) is 0 Å². The molecule has 0 aliphatic heterocycles. The Balaban J connectivity index is 1.63. The first-order valence-electron chi connectivity index (χ1n) is 7.55. The number of nitrogens with zero attached hydrogens (tertiary/aromatic N) is 2. The molecule has 0 amide bonds. The van der Waals surface area contributed by atoms with Crippen molar-refractivity contribution in [3.05, 3.63) is 48.1 Å². The summed E-state index contributed by atoms with van der Waals surface area (Å²) in [6.07, 6.45) is 1.66. The summed E-state index contributed by atoms with van der Waals surface area (Å²) in [6, 6.07) is 11.9. The van der Waals surface area contributed by atoms with Crippen molar-refractivity contribution in [2.24, 2.45) is 0 Å². The van der Waals surface area contributed by atoms with E-state index < -0.39 is 0 Å². The Morgan fingerprint density at radius 3 is 2.80 bits per heavy atom. The molecule has 0 fully saturated rings. The van der Waals surface area contributed by atoms with Gasteiger partial charge in [0.2, 0.25) is 0 Å². The molecule has 0 saturated carbocycles. The Morgan fingerprint density at radius 1 is 1.04 bits per heavy atom. The first-order chi connectivity index (χ1) is 12.3. The number of methoxy groups -OCH3 is 2. The Kier molecular flexibility index (Phi) is 3.99. The third kappa shape index (κ3) is 3.01. The number of hydrogen-bond acceptors (Lipinski definition) is 7. The molecule has 0 atom stereocenters. The normalized spacial score (nSPS) is 10.8. The van der Waals surface area contributed by atoms with Gasteiger partial charge < -0.3 is 19.2 Å². The van der Waals surface area contributed by atoms with Gasteiger partial charge in [0.05, 0.1) is 41.7 Å². The lowest BCUT2D eigenvalue weighted by Gasteiger charge is -2.08. The van der Waals surface area contributed by atoms with E-state index in [9.17, 15) is 0 Å². The van der Waals surface area contributed by atoms with Gasteiger partial charge in [0, 0.05) is 5.69 Å². The number of hydrogen-bond donors (Lipinski definition) is 1. The molecule has 4 rings (SSSR count). The highest BCUT2D eigenvalue weighted by Gasteiger charge is 2.13. The van der Waals surface area contributed by atoms with E-state index in [4.69, 9.17) is 13.9 Å². The molecular weight excluding hydrogens is 338 g/mol. The molecule has 0 spiro atoms. The number of benzene rings is 2. The van der Waals surface area contributed by atoms with Crippen LogP contribution in [0.15, 0.2) is 52.5 Å². The van der Waals surface area contributed by atoms with Gasteiger partial charge in [0.15, 0.2) is 5.76 Å². The maximum absolute atomic E-state index is 5.84. The molecule has 2 aromatic heterocycles. The smallest absolute Gasteiger partial charge is 0.299 e. The first-order valence-corrected chi connectivity index (χ1v) is 8.43. The highest BCUT2D eigenvalue weighted by atomic mass is 32.1. The second kappa shape index (κ2) is 6.45. The van der Waals surface area contributed by atoms with Crippen LogP contribution in [0.4, 0.5) is 11.7 Å². The van der Waals surface area contributed by atoms with Gasteiger partial charge in [-0.15, -0.1) is 11.3 Å². The third-order valence-electron chi connectivity index (χ3n) is 3.76. The lowest BCUT2D eigenvalue weighted by atomic mass is 10.1. The number of aromatic nitrogens is 2. The van der Waals surface area contributed by atoms with Gasteiger partial charge in [-0.25, -0.2) is 9.97 Å². The predicted molar refractivity (Wildman–Crippen MR) is 97.9 cm³/mol. The Labute approximate surface area is 148 Å². The van der Waals surface area contributed by atoms with Crippen molar-refractivity contribution in [1.82, 2.24) is 9.97 Å². The van der Waals surface area contributed by atoms with Crippen molar-refractivity contribution < 1.29 is 13.9 Å². The van der Waals surface area contributed by atoms with Gasteiger partial charge in [-0.3, -0.25) is 0 Å². The lowest BCUT2D eigenvalue weighted by Crippen LogP contribution is -1.90. The van der Waals surface area contributed by atoms with Crippen LogP contribution >= 0.6 is 11.3 Å². The van der Waals surface area contributed by atoms with Gasteiger partial charge in [0.1, 0.15) is 11.5 Å². The summed E-state index contributed by atoms with van der Waals surface area (Å²) in [5.41, 5.74) is 4.47. The number of ether oxygens (including phenoxy) is 2. The number of oxazole rings is 1. The molecule has 126 valence electrons. The molecule has 1 N–H and O–H groups in total. The maximum Gasteiger partial charge on any atom is 0.299 e. The minimum absolute atomic E-state index is 0.406. The number of nitrogens with one attached hydrogen (secondary N) is 1. The lowest BCUT2D eigenvalue weighted by molar-refractivity contribution is 0.403. The quantitative estimate of drug-likeness (QED) is 0.560. The average Bonchev–Trinajstić information content (AvgIpc) is 3.30. The fourth-order valence-electron chi connectivity index (χ4n) is 2.52. The van der Waals surface area contributed by atoms with Crippen molar-refractivity contribution in [2.45, 2.75) is 0 Å². The zero-order chi connectivity index (χ0) is 17.2. The summed E-state index contributed by atoms with van der Waals surface area (Å²) in [5.74, 6) is 2.00. The van der Waals surface area contributed by atoms with Crippen LogP contribution < -0.4 is 14.8 Å². The predicted octanol–water partition coefficient (Wildman–Crippen LogP) is 4.71. The first kappa shape index (κ1) is 15.5. The summed E-state index contributed by atoms with van der Waals surface area (Å²) in [5, 5.41) is 3.17. The zero-order valence-corrected chi connectivity index (χ0v) is 14.5. The van der Waals surface area contributed by atoms with Gasteiger partial charge in [0.25, 0.3) is 6.01 Å². The Hall–Kier alpha value is -3.06. The fraction of sp³-hybridized carbons (Fsp3) is 0.111. The monoisotopic (exact) mass is 353 g/mol. The zero-order valence-electron chi connectivity index (χ0n) is 13.6. The summed E-state index contributed by atoms with van der Waals surface area (Å²) < 4.78 is 17.6. The standard InChI is InChI=1S/C18H15N3O3S/c1-22-12-4-6-15(23-2)13(8-12)16-9-19-18(24-16)21-11-3-5-14-17(7-11)25-10-20-14/h3-10H,1-2H3,(H,19,21). The molecular formula is C18H15N3O3S. The third-order valence-corrected chi connectivity index (χ3v) is 4.55. The summed E-state index contributed by atoms with van der Waals surface area (Å²) in [6.45, 7) is 0. The van der Waals surface area contributed by atoms with Crippen molar-refractivity contribution in [3.8, 4) is 22.8 Å². The Morgan fingerprint density at radius 2 is 1.96 bits per heavy atom. The molecule has 0 aliphatic carbocycles. The summed E-state index contributed by atoms with van der Waals surface area (Å²) in [4.78, 5) is 8.57. The van der Waals surface area contributed by atoms with Crippen LogP contribution in [0.1, 0.15) is 0 Å².